The van der Waals surface area contributed by atoms with Gasteiger partial charge < -0.3 is 16.4 Å². The number of halogens is 1. The molecule has 0 radical (unpaired) electrons. The summed E-state index contributed by atoms with van der Waals surface area (Å²) in [4.78, 5) is 24.0. The molecule has 3 rings (SSSR count). The predicted molar refractivity (Wildman–Crippen MR) is 87.4 cm³/mol. The van der Waals surface area contributed by atoms with Crippen molar-refractivity contribution in [1.29, 1.82) is 0 Å². The summed E-state index contributed by atoms with van der Waals surface area (Å²) >= 11 is 4.84. The Hall–Kier alpha value is -1.60. The first-order valence-corrected chi connectivity index (χ1v) is 8.21. The summed E-state index contributed by atoms with van der Waals surface area (Å²) in [5.41, 5.74) is 6.62. The van der Waals surface area contributed by atoms with Crippen LogP contribution in [0.4, 0.5) is 5.69 Å². The van der Waals surface area contributed by atoms with Gasteiger partial charge in [-0.05, 0) is 18.6 Å². The number of nitrogen functional groups attached to an aromatic ring is 1. The molecule has 21 heavy (non-hydrogen) atoms. The van der Waals surface area contributed by atoms with Crippen LogP contribution in [0.2, 0.25) is 0 Å². The van der Waals surface area contributed by atoms with Crippen LogP contribution in [0.5, 0.6) is 0 Å². The summed E-state index contributed by atoms with van der Waals surface area (Å²) < 4.78 is 1.86. The Morgan fingerprint density at radius 2 is 2.29 bits per heavy atom. The fraction of sp³-hybridized carbons (Fsp3) is 0.286. The monoisotopic (exact) mass is 367 g/mol. The zero-order valence-electron chi connectivity index (χ0n) is 11.1. The second kappa shape index (κ2) is 5.65. The number of piperidine rings is 1. The summed E-state index contributed by atoms with van der Waals surface area (Å²) in [6, 6.07) is 5.73. The van der Waals surface area contributed by atoms with Gasteiger partial charge in [-0.3, -0.25) is 9.59 Å². The lowest BCUT2D eigenvalue weighted by atomic mass is 10.1. The number of benzene rings is 1. The van der Waals surface area contributed by atoms with Crippen molar-refractivity contribution in [3.63, 3.8) is 0 Å². The van der Waals surface area contributed by atoms with Crippen LogP contribution in [-0.2, 0) is 4.79 Å². The first-order chi connectivity index (χ1) is 10.1. The van der Waals surface area contributed by atoms with Crippen molar-refractivity contribution in [3.05, 3.63) is 27.5 Å². The molecule has 7 heteroatoms. The molecule has 0 spiro atoms. The third-order valence-corrected chi connectivity index (χ3v) is 5.34. The van der Waals surface area contributed by atoms with Crippen molar-refractivity contribution in [2.75, 3.05) is 12.3 Å². The molecule has 1 atom stereocenters. The average Bonchev–Trinajstić information content (AvgIpc) is 2.80. The number of carbonyl (C=O) groups excluding carboxylic acids is 2. The molecule has 5 nitrogen and oxygen atoms in total. The van der Waals surface area contributed by atoms with Crippen molar-refractivity contribution < 1.29 is 9.59 Å². The molecule has 1 aromatic carbocycles. The summed E-state index contributed by atoms with van der Waals surface area (Å²) in [5.74, 6) is -0.146. The van der Waals surface area contributed by atoms with Crippen LogP contribution in [0.15, 0.2) is 22.7 Å². The fourth-order valence-corrected chi connectivity index (χ4v) is 4.17. The highest BCUT2D eigenvalue weighted by Crippen LogP contribution is 2.38. The SMILES string of the molecule is Nc1c(C(=O)NC2CCC(=O)NC2)sc2cccc(Br)c12. The summed E-state index contributed by atoms with van der Waals surface area (Å²) in [5, 5.41) is 6.57. The Kier molecular flexibility index (Phi) is 3.86. The van der Waals surface area contributed by atoms with Crippen LogP contribution in [0.25, 0.3) is 10.1 Å². The number of thiophene rings is 1. The lowest BCUT2D eigenvalue weighted by Crippen LogP contribution is -2.47. The lowest BCUT2D eigenvalue weighted by molar-refractivity contribution is -0.122. The summed E-state index contributed by atoms with van der Waals surface area (Å²) in [6.45, 7) is 0.471. The van der Waals surface area contributed by atoms with Crippen LogP contribution in [0.1, 0.15) is 22.5 Å². The topological polar surface area (TPSA) is 84.2 Å². The van der Waals surface area contributed by atoms with E-state index in [4.69, 9.17) is 5.73 Å². The van der Waals surface area contributed by atoms with Crippen LogP contribution < -0.4 is 16.4 Å². The Morgan fingerprint density at radius 1 is 1.48 bits per heavy atom. The van der Waals surface area contributed by atoms with E-state index in [-0.39, 0.29) is 17.9 Å². The molecule has 0 saturated carbocycles. The molecule has 1 aromatic heterocycles. The van der Waals surface area contributed by atoms with Crippen molar-refractivity contribution in [2.45, 2.75) is 18.9 Å². The van der Waals surface area contributed by atoms with E-state index in [0.29, 0.717) is 30.0 Å². The first-order valence-electron chi connectivity index (χ1n) is 6.60. The Labute approximate surface area is 134 Å². The number of anilines is 1. The van der Waals surface area contributed by atoms with Crippen LogP contribution >= 0.6 is 27.3 Å². The van der Waals surface area contributed by atoms with Gasteiger partial charge in [0.2, 0.25) is 5.91 Å². The number of rotatable bonds is 2. The van der Waals surface area contributed by atoms with E-state index in [9.17, 15) is 9.59 Å². The van der Waals surface area contributed by atoms with E-state index in [1.807, 2.05) is 18.2 Å². The van der Waals surface area contributed by atoms with Gasteiger partial charge in [0.15, 0.2) is 0 Å². The lowest BCUT2D eigenvalue weighted by Gasteiger charge is -2.23. The quantitative estimate of drug-likeness (QED) is 0.760. The molecule has 1 aliphatic heterocycles. The minimum Gasteiger partial charge on any atom is -0.397 e. The third kappa shape index (κ3) is 2.75. The number of carbonyl (C=O) groups is 2. The van der Waals surface area contributed by atoms with Crippen LogP contribution in [0.3, 0.4) is 0 Å². The standard InChI is InChI=1S/C14H14BrN3O2S/c15-8-2-1-3-9-11(8)12(16)13(21-9)14(20)18-7-4-5-10(19)17-6-7/h1-3,7H,4-6,16H2,(H,17,19)(H,18,20). The zero-order chi connectivity index (χ0) is 15.0. The van der Waals surface area contributed by atoms with E-state index < -0.39 is 0 Å². The van der Waals surface area contributed by atoms with Crippen LogP contribution in [-0.4, -0.2) is 24.4 Å². The van der Waals surface area contributed by atoms with Crippen molar-refractivity contribution in [2.24, 2.45) is 0 Å². The molecule has 1 unspecified atom stereocenters. The van der Waals surface area contributed by atoms with Gasteiger partial charge >= 0.3 is 0 Å². The van der Waals surface area contributed by atoms with Gasteiger partial charge in [-0.1, -0.05) is 22.0 Å². The van der Waals surface area contributed by atoms with E-state index in [0.717, 1.165) is 14.6 Å². The maximum absolute atomic E-state index is 12.4. The molecule has 1 fully saturated rings. The number of amides is 2. The van der Waals surface area contributed by atoms with Gasteiger partial charge in [0.05, 0.1) is 5.69 Å². The molecule has 1 saturated heterocycles. The zero-order valence-corrected chi connectivity index (χ0v) is 13.5. The van der Waals surface area contributed by atoms with Crippen molar-refractivity contribution in [3.8, 4) is 0 Å². The summed E-state index contributed by atoms with van der Waals surface area (Å²) in [7, 11) is 0. The van der Waals surface area contributed by atoms with E-state index >= 15 is 0 Å². The highest BCUT2D eigenvalue weighted by atomic mass is 79.9. The molecular weight excluding hydrogens is 354 g/mol. The minimum absolute atomic E-state index is 0.0332. The minimum atomic E-state index is -0.179. The number of nitrogens with one attached hydrogen (secondary N) is 2. The number of hydrogen-bond acceptors (Lipinski definition) is 4. The maximum Gasteiger partial charge on any atom is 0.263 e. The molecule has 2 amide bonds. The number of hydrogen-bond donors (Lipinski definition) is 3. The normalized spacial score (nSPS) is 18.5. The van der Waals surface area contributed by atoms with Gasteiger partial charge in [-0.15, -0.1) is 11.3 Å². The van der Waals surface area contributed by atoms with Gasteiger partial charge in [0.1, 0.15) is 4.88 Å². The number of nitrogens with two attached hydrogens (primary N) is 1. The second-order valence-electron chi connectivity index (χ2n) is 4.97. The van der Waals surface area contributed by atoms with E-state index in [2.05, 4.69) is 26.6 Å². The molecular formula is C14H14BrN3O2S. The molecule has 2 heterocycles. The molecule has 4 N–H and O–H groups in total. The maximum atomic E-state index is 12.4. The highest BCUT2D eigenvalue weighted by Gasteiger charge is 2.23. The van der Waals surface area contributed by atoms with Crippen LogP contribution in [0, 0.1) is 0 Å². The molecule has 110 valence electrons. The number of fused-ring (bicyclic) bond motifs is 1. The Morgan fingerprint density at radius 3 is 2.95 bits per heavy atom. The van der Waals surface area contributed by atoms with E-state index in [1.54, 1.807) is 0 Å². The third-order valence-electron chi connectivity index (χ3n) is 3.51. The Balaban J connectivity index is 1.83. The van der Waals surface area contributed by atoms with Gasteiger partial charge in [-0.2, -0.15) is 0 Å². The second-order valence-corrected chi connectivity index (χ2v) is 6.88. The largest absolute Gasteiger partial charge is 0.397 e. The molecule has 0 bridgehead atoms. The van der Waals surface area contributed by atoms with E-state index in [1.165, 1.54) is 11.3 Å². The fourth-order valence-electron chi connectivity index (χ4n) is 2.40. The Bertz CT molecular complexity index is 718. The molecule has 2 aromatic rings. The molecule has 0 aliphatic carbocycles. The first kappa shape index (κ1) is 14.3. The van der Waals surface area contributed by atoms with Crippen molar-refractivity contribution in [1.82, 2.24) is 10.6 Å². The average molecular weight is 368 g/mol. The van der Waals surface area contributed by atoms with Gasteiger partial charge in [-0.25, -0.2) is 0 Å². The molecule has 1 aliphatic rings. The van der Waals surface area contributed by atoms with Crippen molar-refractivity contribution >= 4 is 54.9 Å². The van der Waals surface area contributed by atoms with Gasteiger partial charge in [0, 0.05) is 33.6 Å². The highest BCUT2D eigenvalue weighted by molar-refractivity contribution is 9.10. The van der Waals surface area contributed by atoms with Gasteiger partial charge in [0.25, 0.3) is 5.91 Å². The smallest absolute Gasteiger partial charge is 0.263 e. The predicted octanol–water partition coefficient (Wildman–Crippen LogP) is 2.25. The summed E-state index contributed by atoms with van der Waals surface area (Å²) in [6.07, 6.45) is 1.10.